The Morgan fingerprint density at radius 2 is 2.28 bits per heavy atom. The largest absolute Gasteiger partial charge is 0.507 e. The van der Waals surface area contributed by atoms with Gasteiger partial charge in [0.25, 0.3) is 5.91 Å². The lowest BCUT2D eigenvalue weighted by molar-refractivity contribution is 0.0932. The van der Waals surface area contributed by atoms with Crippen LogP contribution in [0.3, 0.4) is 0 Å². The number of benzene rings is 1. The summed E-state index contributed by atoms with van der Waals surface area (Å²) in [6, 6.07) is 5.39. The average molecular weight is 248 g/mol. The van der Waals surface area contributed by atoms with Gasteiger partial charge in [0.15, 0.2) is 0 Å². The van der Waals surface area contributed by atoms with Crippen molar-refractivity contribution in [1.82, 2.24) is 10.6 Å². The van der Waals surface area contributed by atoms with Crippen LogP contribution >= 0.6 is 0 Å². The highest BCUT2D eigenvalue weighted by molar-refractivity contribution is 5.97. The normalized spacial score (nSPS) is 20.2. The van der Waals surface area contributed by atoms with E-state index >= 15 is 0 Å². The quantitative estimate of drug-likeness (QED) is 0.744. The van der Waals surface area contributed by atoms with Gasteiger partial charge < -0.3 is 15.7 Å². The van der Waals surface area contributed by atoms with Gasteiger partial charge in [-0.05, 0) is 37.9 Å². The second kappa shape index (κ2) is 5.87. The van der Waals surface area contributed by atoms with Crippen molar-refractivity contribution in [2.75, 3.05) is 13.1 Å². The Balaban J connectivity index is 2.04. The number of para-hydroxylation sites is 1. The summed E-state index contributed by atoms with van der Waals surface area (Å²) in [5.41, 5.74) is 1.08. The van der Waals surface area contributed by atoms with Crippen molar-refractivity contribution in [3.05, 3.63) is 29.3 Å². The minimum Gasteiger partial charge on any atom is -0.507 e. The minimum atomic E-state index is -0.190. The van der Waals surface area contributed by atoms with Gasteiger partial charge in [0.05, 0.1) is 5.56 Å². The minimum absolute atomic E-state index is 0.0802. The van der Waals surface area contributed by atoms with E-state index in [4.69, 9.17) is 0 Å². The van der Waals surface area contributed by atoms with Crippen molar-refractivity contribution in [2.24, 2.45) is 0 Å². The van der Waals surface area contributed by atoms with Gasteiger partial charge in [-0.25, -0.2) is 0 Å². The fourth-order valence-corrected chi connectivity index (χ4v) is 2.25. The summed E-state index contributed by atoms with van der Waals surface area (Å²) < 4.78 is 0. The second-order valence-corrected chi connectivity index (χ2v) is 4.84. The van der Waals surface area contributed by atoms with E-state index in [1.807, 2.05) is 0 Å². The molecule has 0 aliphatic carbocycles. The van der Waals surface area contributed by atoms with Gasteiger partial charge in [-0.3, -0.25) is 4.79 Å². The molecule has 1 atom stereocenters. The van der Waals surface area contributed by atoms with Crippen LogP contribution in [0.4, 0.5) is 0 Å². The molecule has 1 aliphatic rings. The van der Waals surface area contributed by atoms with Crippen LogP contribution in [0.25, 0.3) is 0 Å². The fraction of sp³-hybridized carbons (Fsp3) is 0.500. The van der Waals surface area contributed by atoms with Crippen molar-refractivity contribution in [2.45, 2.75) is 32.2 Å². The smallest absolute Gasteiger partial charge is 0.255 e. The molecular formula is C14H20N2O2. The molecule has 0 aromatic heterocycles. The number of hydrogen-bond donors (Lipinski definition) is 3. The monoisotopic (exact) mass is 248 g/mol. The number of rotatable bonds is 2. The van der Waals surface area contributed by atoms with Crippen LogP contribution in [-0.2, 0) is 0 Å². The molecule has 0 saturated carbocycles. The van der Waals surface area contributed by atoms with Crippen molar-refractivity contribution in [3.8, 4) is 5.75 Å². The third kappa shape index (κ3) is 3.01. The molecule has 0 bridgehead atoms. The van der Waals surface area contributed by atoms with Gasteiger partial charge in [-0.2, -0.15) is 0 Å². The van der Waals surface area contributed by atoms with Crippen molar-refractivity contribution in [3.63, 3.8) is 0 Å². The Hall–Kier alpha value is -1.55. The Morgan fingerprint density at radius 1 is 1.44 bits per heavy atom. The predicted octanol–water partition coefficient (Wildman–Crippen LogP) is 1.57. The third-order valence-corrected chi connectivity index (χ3v) is 3.36. The molecule has 3 N–H and O–H groups in total. The van der Waals surface area contributed by atoms with E-state index in [-0.39, 0.29) is 17.7 Å². The summed E-state index contributed by atoms with van der Waals surface area (Å²) in [6.07, 6.45) is 3.27. The van der Waals surface area contributed by atoms with Crippen molar-refractivity contribution < 1.29 is 9.90 Å². The van der Waals surface area contributed by atoms with Gasteiger partial charge in [0.1, 0.15) is 5.75 Å². The van der Waals surface area contributed by atoms with Crippen LogP contribution in [0.1, 0.15) is 35.2 Å². The molecule has 98 valence electrons. The van der Waals surface area contributed by atoms with Crippen molar-refractivity contribution in [1.29, 1.82) is 0 Å². The number of carbonyl (C=O) groups is 1. The lowest BCUT2D eigenvalue weighted by Gasteiger charge is -2.17. The molecule has 1 saturated heterocycles. The van der Waals surface area contributed by atoms with E-state index < -0.39 is 0 Å². The molecule has 1 fully saturated rings. The highest BCUT2D eigenvalue weighted by Gasteiger charge is 2.18. The summed E-state index contributed by atoms with van der Waals surface area (Å²) in [7, 11) is 0. The molecular weight excluding hydrogens is 228 g/mol. The molecule has 2 rings (SSSR count). The van der Waals surface area contributed by atoms with Gasteiger partial charge in [0.2, 0.25) is 0 Å². The van der Waals surface area contributed by atoms with E-state index in [0.717, 1.165) is 37.9 Å². The number of phenolic OH excluding ortho intramolecular Hbond substituents is 1. The Labute approximate surface area is 107 Å². The number of nitrogens with one attached hydrogen (secondary N) is 2. The Kier molecular flexibility index (Phi) is 4.20. The first-order valence-electron chi connectivity index (χ1n) is 6.48. The molecule has 1 heterocycles. The van der Waals surface area contributed by atoms with Gasteiger partial charge >= 0.3 is 0 Å². The maximum absolute atomic E-state index is 12.1. The summed E-state index contributed by atoms with van der Waals surface area (Å²) in [5, 5.41) is 16.2. The van der Waals surface area contributed by atoms with E-state index in [0.29, 0.717) is 5.56 Å². The van der Waals surface area contributed by atoms with E-state index in [2.05, 4.69) is 10.6 Å². The standard InChI is InChI=1S/C14H20N2O2/c1-10-5-4-7-12(13(10)17)14(18)16-11-6-2-3-8-15-9-11/h4-5,7,11,15,17H,2-3,6,8-9H2,1H3,(H,16,18). The lowest BCUT2D eigenvalue weighted by atomic mass is 10.1. The van der Waals surface area contributed by atoms with Gasteiger partial charge in [-0.1, -0.05) is 18.6 Å². The first kappa shape index (κ1) is 12.9. The van der Waals surface area contributed by atoms with Crippen LogP contribution in [0, 0.1) is 6.92 Å². The SMILES string of the molecule is Cc1cccc(C(=O)NC2CCCCNC2)c1O. The zero-order chi connectivity index (χ0) is 13.0. The van der Waals surface area contributed by atoms with Crippen molar-refractivity contribution >= 4 is 5.91 Å². The van der Waals surface area contributed by atoms with Crippen LogP contribution in [0.5, 0.6) is 5.75 Å². The number of phenols is 1. The van der Waals surface area contributed by atoms with E-state index in [1.165, 1.54) is 0 Å². The van der Waals surface area contributed by atoms with Crippen LogP contribution in [-0.4, -0.2) is 30.1 Å². The molecule has 0 spiro atoms. The molecule has 1 amide bonds. The highest BCUT2D eigenvalue weighted by atomic mass is 16.3. The predicted molar refractivity (Wildman–Crippen MR) is 70.8 cm³/mol. The third-order valence-electron chi connectivity index (χ3n) is 3.36. The van der Waals surface area contributed by atoms with Gasteiger partial charge in [0, 0.05) is 12.6 Å². The molecule has 1 aromatic carbocycles. The van der Waals surface area contributed by atoms with E-state index in [1.54, 1.807) is 25.1 Å². The zero-order valence-corrected chi connectivity index (χ0v) is 10.7. The van der Waals surface area contributed by atoms with Gasteiger partial charge in [-0.15, -0.1) is 0 Å². The first-order chi connectivity index (χ1) is 8.68. The van der Waals surface area contributed by atoms with Crippen LogP contribution in [0.2, 0.25) is 0 Å². The zero-order valence-electron chi connectivity index (χ0n) is 10.7. The number of aryl methyl sites for hydroxylation is 1. The number of hydrogen-bond acceptors (Lipinski definition) is 3. The Morgan fingerprint density at radius 3 is 3.11 bits per heavy atom. The highest BCUT2D eigenvalue weighted by Crippen LogP contribution is 2.21. The molecule has 18 heavy (non-hydrogen) atoms. The Bertz CT molecular complexity index is 424. The number of aromatic hydroxyl groups is 1. The van der Waals surface area contributed by atoms with E-state index in [9.17, 15) is 9.90 Å². The molecule has 4 heteroatoms. The summed E-state index contributed by atoms with van der Waals surface area (Å²) in [5.74, 6) is -0.110. The van der Waals surface area contributed by atoms with Crippen LogP contribution in [0.15, 0.2) is 18.2 Å². The lowest BCUT2D eigenvalue weighted by Crippen LogP contribution is -2.40. The molecule has 0 radical (unpaired) electrons. The first-order valence-corrected chi connectivity index (χ1v) is 6.48. The molecule has 1 unspecified atom stereocenters. The summed E-state index contributed by atoms with van der Waals surface area (Å²) >= 11 is 0. The number of amides is 1. The maximum Gasteiger partial charge on any atom is 0.255 e. The number of carbonyl (C=O) groups excluding carboxylic acids is 1. The maximum atomic E-state index is 12.1. The molecule has 1 aliphatic heterocycles. The summed E-state index contributed by atoms with van der Waals surface area (Å²) in [4.78, 5) is 12.1. The summed E-state index contributed by atoms with van der Waals surface area (Å²) in [6.45, 7) is 3.61. The molecule has 4 nitrogen and oxygen atoms in total. The van der Waals surface area contributed by atoms with Crippen LogP contribution < -0.4 is 10.6 Å². The fourth-order valence-electron chi connectivity index (χ4n) is 2.25. The second-order valence-electron chi connectivity index (χ2n) is 4.84. The topological polar surface area (TPSA) is 61.4 Å². The average Bonchev–Trinajstić information content (AvgIpc) is 2.61. The molecule has 1 aromatic rings.